The summed E-state index contributed by atoms with van der Waals surface area (Å²) in [5, 5.41) is 6.81. The Labute approximate surface area is 182 Å². The highest BCUT2D eigenvalue weighted by atomic mass is 35.5. The number of carbonyl (C=O) groups excluding carboxylic acids is 3. The van der Waals surface area contributed by atoms with Crippen LogP contribution in [0.4, 0.5) is 10.5 Å². The molecule has 30 heavy (non-hydrogen) atoms. The summed E-state index contributed by atoms with van der Waals surface area (Å²) >= 11 is 12.3. The fourth-order valence-electron chi connectivity index (χ4n) is 3.48. The lowest BCUT2D eigenvalue weighted by atomic mass is 10.1. The van der Waals surface area contributed by atoms with Gasteiger partial charge in [-0.15, -0.1) is 0 Å². The number of halogens is 2. The minimum absolute atomic E-state index is 0.255. The molecule has 1 saturated heterocycles. The van der Waals surface area contributed by atoms with Crippen molar-refractivity contribution in [3.8, 4) is 0 Å². The number of imide groups is 1. The van der Waals surface area contributed by atoms with Crippen LogP contribution < -0.4 is 10.6 Å². The van der Waals surface area contributed by atoms with Crippen LogP contribution in [-0.4, -0.2) is 40.3 Å². The van der Waals surface area contributed by atoms with E-state index < -0.39 is 30.4 Å². The molecular formula is C21H18Cl2N4O3. The fraction of sp³-hybridized carbons (Fsp3) is 0.190. The number of hydrogen-bond acceptors (Lipinski definition) is 3. The number of fused-ring (bicyclic) bond motifs is 1. The Morgan fingerprint density at radius 3 is 2.73 bits per heavy atom. The van der Waals surface area contributed by atoms with E-state index in [4.69, 9.17) is 23.2 Å². The Balaban J connectivity index is 1.45. The van der Waals surface area contributed by atoms with Crippen molar-refractivity contribution in [2.45, 2.75) is 19.4 Å². The second kappa shape index (κ2) is 8.01. The van der Waals surface area contributed by atoms with Crippen LogP contribution in [0.5, 0.6) is 0 Å². The van der Waals surface area contributed by atoms with E-state index in [0.29, 0.717) is 11.4 Å². The summed E-state index contributed by atoms with van der Waals surface area (Å²) < 4.78 is 0. The molecule has 0 aliphatic carbocycles. The first-order valence-corrected chi connectivity index (χ1v) is 10.0. The summed E-state index contributed by atoms with van der Waals surface area (Å²) in [6.07, 6.45) is 2.14. The predicted molar refractivity (Wildman–Crippen MR) is 116 cm³/mol. The van der Waals surface area contributed by atoms with Crippen LogP contribution in [0.2, 0.25) is 10.0 Å². The summed E-state index contributed by atoms with van der Waals surface area (Å²) in [4.78, 5) is 41.6. The van der Waals surface area contributed by atoms with E-state index >= 15 is 0 Å². The van der Waals surface area contributed by atoms with Gasteiger partial charge < -0.3 is 15.6 Å². The highest BCUT2D eigenvalue weighted by molar-refractivity contribution is 6.40. The highest BCUT2D eigenvalue weighted by Gasteiger charge is 2.39. The lowest BCUT2D eigenvalue weighted by molar-refractivity contribution is -0.130. The van der Waals surface area contributed by atoms with Crippen LogP contribution in [0.25, 0.3) is 10.9 Å². The largest absolute Gasteiger partial charge is 0.361 e. The standard InChI is InChI=1S/C21H18Cl2N4O3/c1-11-6-7-14(22)19(18(11)23)26-17(28)10-27-20(29)16(25-21(27)30)8-12-9-24-15-5-3-2-4-13(12)15/h2-7,9,16,24H,8,10H2,1H3,(H,25,30)(H,26,28). The Morgan fingerprint density at radius 2 is 1.93 bits per heavy atom. The van der Waals surface area contributed by atoms with E-state index in [0.717, 1.165) is 26.9 Å². The third-order valence-electron chi connectivity index (χ3n) is 5.06. The molecule has 1 atom stereocenters. The lowest BCUT2D eigenvalue weighted by Gasteiger charge is -2.15. The first-order chi connectivity index (χ1) is 14.3. The third kappa shape index (κ3) is 3.74. The van der Waals surface area contributed by atoms with E-state index in [2.05, 4.69) is 15.6 Å². The number of aromatic nitrogens is 1. The lowest BCUT2D eigenvalue weighted by Crippen LogP contribution is -2.38. The number of nitrogens with zero attached hydrogens (tertiary/aromatic N) is 1. The van der Waals surface area contributed by atoms with Crippen LogP contribution in [0.3, 0.4) is 0 Å². The molecule has 1 unspecified atom stereocenters. The molecule has 3 aromatic rings. The second-order valence-corrected chi connectivity index (χ2v) is 7.88. The molecule has 1 fully saturated rings. The van der Waals surface area contributed by atoms with Crippen LogP contribution in [0.15, 0.2) is 42.6 Å². The molecule has 0 saturated carbocycles. The molecule has 3 N–H and O–H groups in total. The van der Waals surface area contributed by atoms with Crippen LogP contribution in [0, 0.1) is 6.92 Å². The van der Waals surface area contributed by atoms with Crippen molar-refractivity contribution in [1.29, 1.82) is 0 Å². The van der Waals surface area contributed by atoms with E-state index in [9.17, 15) is 14.4 Å². The zero-order valence-corrected chi connectivity index (χ0v) is 17.5. The normalized spacial score (nSPS) is 16.2. The Morgan fingerprint density at radius 1 is 1.17 bits per heavy atom. The number of hydrogen-bond donors (Lipinski definition) is 3. The average molecular weight is 445 g/mol. The molecule has 0 bridgehead atoms. The monoisotopic (exact) mass is 444 g/mol. The maximum Gasteiger partial charge on any atom is 0.325 e. The molecule has 9 heteroatoms. The van der Waals surface area contributed by atoms with Gasteiger partial charge in [0.2, 0.25) is 5.91 Å². The van der Waals surface area contributed by atoms with Gasteiger partial charge in [0.05, 0.1) is 15.7 Å². The molecule has 2 heterocycles. The van der Waals surface area contributed by atoms with Gasteiger partial charge in [0.15, 0.2) is 0 Å². The number of amides is 4. The number of anilines is 1. The number of para-hydroxylation sites is 1. The quantitative estimate of drug-likeness (QED) is 0.521. The second-order valence-electron chi connectivity index (χ2n) is 7.09. The predicted octanol–water partition coefficient (Wildman–Crippen LogP) is 3.88. The van der Waals surface area contributed by atoms with E-state index in [1.165, 1.54) is 0 Å². The van der Waals surface area contributed by atoms with Crippen molar-refractivity contribution in [2.75, 3.05) is 11.9 Å². The first kappa shape index (κ1) is 20.3. The number of aryl methyl sites for hydroxylation is 1. The van der Waals surface area contributed by atoms with Crippen molar-refractivity contribution in [3.05, 3.63) is 63.8 Å². The molecular weight excluding hydrogens is 427 g/mol. The molecule has 7 nitrogen and oxygen atoms in total. The van der Waals surface area contributed by atoms with Crippen LogP contribution in [-0.2, 0) is 16.0 Å². The zero-order chi connectivity index (χ0) is 21.4. The molecule has 1 aliphatic heterocycles. The maximum atomic E-state index is 12.8. The summed E-state index contributed by atoms with van der Waals surface area (Å²) in [6, 6.07) is 9.70. The molecule has 4 rings (SSSR count). The van der Waals surface area contributed by atoms with Crippen LogP contribution in [0.1, 0.15) is 11.1 Å². The van der Waals surface area contributed by atoms with E-state index in [1.54, 1.807) is 19.1 Å². The van der Waals surface area contributed by atoms with Gasteiger partial charge in [0.1, 0.15) is 12.6 Å². The highest BCUT2D eigenvalue weighted by Crippen LogP contribution is 2.33. The topological polar surface area (TPSA) is 94.3 Å². The van der Waals surface area contributed by atoms with Crippen molar-refractivity contribution in [3.63, 3.8) is 0 Å². The van der Waals surface area contributed by atoms with Gasteiger partial charge in [-0.25, -0.2) is 4.79 Å². The number of carbonyl (C=O) groups is 3. The van der Waals surface area contributed by atoms with E-state index in [1.807, 2.05) is 30.5 Å². The molecule has 0 radical (unpaired) electrons. The Bertz CT molecular complexity index is 1170. The Kier molecular flexibility index (Phi) is 5.40. The number of benzene rings is 2. The van der Waals surface area contributed by atoms with Crippen molar-refractivity contribution >= 4 is 57.6 Å². The van der Waals surface area contributed by atoms with Gasteiger partial charge in [-0.2, -0.15) is 0 Å². The summed E-state index contributed by atoms with van der Waals surface area (Å²) in [6.45, 7) is 1.34. The SMILES string of the molecule is Cc1ccc(Cl)c(NC(=O)CN2C(=O)NC(Cc3c[nH]c4ccccc34)C2=O)c1Cl. The van der Waals surface area contributed by atoms with Crippen molar-refractivity contribution in [2.24, 2.45) is 0 Å². The maximum absolute atomic E-state index is 12.8. The average Bonchev–Trinajstić information content (AvgIpc) is 3.25. The van der Waals surface area contributed by atoms with Gasteiger partial charge in [0, 0.05) is 23.5 Å². The van der Waals surface area contributed by atoms with Gasteiger partial charge >= 0.3 is 6.03 Å². The smallest absolute Gasteiger partial charge is 0.325 e. The number of H-pyrrole nitrogens is 1. The molecule has 4 amide bonds. The van der Waals surface area contributed by atoms with Gasteiger partial charge in [-0.3, -0.25) is 14.5 Å². The number of nitrogens with one attached hydrogen (secondary N) is 3. The minimum atomic E-state index is -0.740. The first-order valence-electron chi connectivity index (χ1n) is 9.26. The van der Waals surface area contributed by atoms with Gasteiger partial charge in [-0.05, 0) is 30.2 Å². The molecule has 2 aromatic carbocycles. The summed E-state index contributed by atoms with van der Waals surface area (Å²) in [5.74, 6) is -1.03. The molecule has 1 aromatic heterocycles. The fourth-order valence-corrected chi connectivity index (χ4v) is 3.94. The molecule has 154 valence electrons. The zero-order valence-electron chi connectivity index (χ0n) is 16.0. The van der Waals surface area contributed by atoms with Crippen LogP contribution >= 0.6 is 23.2 Å². The third-order valence-corrected chi connectivity index (χ3v) is 5.86. The van der Waals surface area contributed by atoms with Crippen molar-refractivity contribution < 1.29 is 14.4 Å². The number of rotatable bonds is 5. The van der Waals surface area contributed by atoms with E-state index in [-0.39, 0.29) is 10.7 Å². The minimum Gasteiger partial charge on any atom is -0.361 e. The summed E-state index contributed by atoms with van der Waals surface area (Å²) in [7, 11) is 0. The molecule has 1 aliphatic rings. The number of aromatic amines is 1. The van der Waals surface area contributed by atoms with Crippen molar-refractivity contribution in [1.82, 2.24) is 15.2 Å². The van der Waals surface area contributed by atoms with Gasteiger partial charge in [-0.1, -0.05) is 47.5 Å². The van der Waals surface area contributed by atoms with Gasteiger partial charge in [0.25, 0.3) is 5.91 Å². The Hall–Kier alpha value is -3.03. The summed E-state index contributed by atoms with van der Waals surface area (Å²) in [5.41, 5.74) is 2.86. The number of urea groups is 1. The molecule has 0 spiro atoms.